The average molecular weight is 183 g/mol. The van der Waals surface area contributed by atoms with Gasteiger partial charge in [0.1, 0.15) is 5.75 Å². The van der Waals surface area contributed by atoms with Crippen LogP contribution < -0.4 is 10.5 Å². The van der Waals surface area contributed by atoms with Crippen LogP contribution in [0.4, 0.5) is 4.39 Å². The van der Waals surface area contributed by atoms with Gasteiger partial charge in [-0.05, 0) is 6.07 Å². The lowest BCUT2D eigenvalue weighted by Crippen LogP contribution is -2.20. The Morgan fingerprint density at radius 2 is 2.31 bits per heavy atom. The minimum Gasteiger partial charge on any atom is -0.505 e. The normalized spacial score (nSPS) is 20.6. The zero-order chi connectivity index (χ0) is 9.42. The molecule has 4 heteroatoms. The van der Waals surface area contributed by atoms with E-state index in [1.54, 1.807) is 0 Å². The van der Waals surface area contributed by atoms with E-state index in [9.17, 15) is 4.39 Å². The van der Waals surface area contributed by atoms with Crippen LogP contribution in [0.1, 0.15) is 18.0 Å². The largest absolute Gasteiger partial charge is 0.505 e. The Labute approximate surface area is 74.9 Å². The fourth-order valence-corrected chi connectivity index (χ4v) is 1.43. The summed E-state index contributed by atoms with van der Waals surface area (Å²) in [6.07, 6.45) is 0.693. The molecule has 3 N–H and O–H groups in total. The van der Waals surface area contributed by atoms with Gasteiger partial charge in [-0.2, -0.15) is 0 Å². The summed E-state index contributed by atoms with van der Waals surface area (Å²) in [5.41, 5.74) is 6.42. The Kier molecular flexibility index (Phi) is 1.84. The van der Waals surface area contributed by atoms with Gasteiger partial charge >= 0.3 is 0 Å². The van der Waals surface area contributed by atoms with E-state index >= 15 is 0 Å². The summed E-state index contributed by atoms with van der Waals surface area (Å²) in [7, 11) is 0. The molecule has 0 aliphatic carbocycles. The van der Waals surface area contributed by atoms with E-state index < -0.39 is 5.82 Å². The molecule has 1 atom stereocenters. The maximum Gasteiger partial charge on any atom is 0.168 e. The second kappa shape index (κ2) is 2.88. The van der Waals surface area contributed by atoms with Crippen LogP contribution in [-0.2, 0) is 0 Å². The van der Waals surface area contributed by atoms with Crippen LogP contribution in [0.3, 0.4) is 0 Å². The van der Waals surface area contributed by atoms with E-state index in [1.165, 1.54) is 12.1 Å². The number of hydrogen-bond donors (Lipinski definition) is 2. The fourth-order valence-electron chi connectivity index (χ4n) is 1.43. The van der Waals surface area contributed by atoms with Crippen molar-refractivity contribution in [2.24, 2.45) is 5.73 Å². The maximum absolute atomic E-state index is 12.9. The molecular formula is C9H10FNO2. The van der Waals surface area contributed by atoms with Gasteiger partial charge in [-0.3, -0.25) is 0 Å². The second-order valence-corrected chi connectivity index (χ2v) is 3.09. The number of nitrogens with two attached hydrogens (primary N) is 1. The summed E-state index contributed by atoms with van der Waals surface area (Å²) < 4.78 is 18.1. The molecule has 0 radical (unpaired) electrons. The molecule has 70 valence electrons. The summed E-state index contributed by atoms with van der Waals surface area (Å²) in [6.45, 7) is 0.498. The van der Waals surface area contributed by atoms with Crippen LogP contribution in [-0.4, -0.2) is 11.7 Å². The van der Waals surface area contributed by atoms with E-state index in [1.807, 2.05) is 0 Å². The van der Waals surface area contributed by atoms with Crippen molar-refractivity contribution in [3.63, 3.8) is 0 Å². The Morgan fingerprint density at radius 1 is 1.54 bits per heavy atom. The monoisotopic (exact) mass is 183 g/mol. The first-order chi connectivity index (χ1) is 6.18. The number of benzene rings is 1. The molecule has 3 nitrogen and oxygen atoms in total. The topological polar surface area (TPSA) is 55.5 Å². The van der Waals surface area contributed by atoms with Crippen molar-refractivity contribution in [2.75, 3.05) is 6.61 Å². The molecule has 0 aromatic heterocycles. The van der Waals surface area contributed by atoms with Crippen LogP contribution in [0.15, 0.2) is 12.1 Å². The number of aromatic hydroxyl groups is 1. The van der Waals surface area contributed by atoms with Gasteiger partial charge in [0.15, 0.2) is 11.6 Å². The van der Waals surface area contributed by atoms with Gasteiger partial charge in [0.2, 0.25) is 0 Å². The van der Waals surface area contributed by atoms with Crippen molar-refractivity contribution in [1.82, 2.24) is 0 Å². The molecule has 1 unspecified atom stereocenters. The lowest BCUT2D eigenvalue weighted by molar-refractivity contribution is 0.265. The second-order valence-electron chi connectivity index (χ2n) is 3.09. The first kappa shape index (κ1) is 8.31. The Bertz CT molecular complexity index is 341. The van der Waals surface area contributed by atoms with E-state index in [0.717, 1.165) is 0 Å². The predicted octanol–water partition coefficient (Wildman–Crippen LogP) is 1.31. The highest BCUT2D eigenvalue weighted by atomic mass is 19.1. The van der Waals surface area contributed by atoms with Crippen LogP contribution in [0.25, 0.3) is 0 Å². The van der Waals surface area contributed by atoms with Crippen LogP contribution in [0.5, 0.6) is 11.5 Å². The number of phenolic OH excluding ortho intramolecular Hbond substituents is 1. The highest BCUT2D eigenvalue weighted by Crippen LogP contribution is 2.34. The number of phenols is 1. The molecule has 1 aromatic carbocycles. The minimum atomic E-state index is -0.673. The number of ether oxygens (including phenoxy) is 1. The van der Waals surface area contributed by atoms with E-state index in [4.69, 9.17) is 15.6 Å². The molecule has 1 aliphatic rings. The van der Waals surface area contributed by atoms with Crippen molar-refractivity contribution in [3.8, 4) is 11.5 Å². The van der Waals surface area contributed by atoms with E-state index in [0.29, 0.717) is 24.3 Å². The summed E-state index contributed by atoms with van der Waals surface area (Å²) in [5.74, 6) is -0.610. The number of rotatable bonds is 0. The van der Waals surface area contributed by atoms with Gasteiger partial charge in [-0.25, -0.2) is 4.39 Å². The van der Waals surface area contributed by atoms with Gasteiger partial charge in [-0.15, -0.1) is 0 Å². The summed E-state index contributed by atoms with van der Waals surface area (Å²) in [5, 5.41) is 9.11. The molecule has 1 aliphatic heterocycles. The van der Waals surface area contributed by atoms with E-state index in [-0.39, 0.29) is 11.8 Å². The summed E-state index contributed by atoms with van der Waals surface area (Å²) in [4.78, 5) is 0. The van der Waals surface area contributed by atoms with Crippen molar-refractivity contribution in [3.05, 3.63) is 23.5 Å². The van der Waals surface area contributed by atoms with Gasteiger partial charge in [-0.1, -0.05) is 0 Å². The SMILES string of the molecule is NC1CCOc2cc(F)c(O)cc21. The highest BCUT2D eigenvalue weighted by Gasteiger charge is 2.20. The molecular weight excluding hydrogens is 173 g/mol. The highest BCUT2D eigenvalue weighted by molar-refractivity contribution is 5.43. The third-order valence-corrected chi connectivity index (χ3v) is 2.17. The first-order valence-electron chi connectivity index (χ1n) is 4.09. The smallest absolute Gasteiger partial charge is 0.168 e. The molecule has 0 fully saturated rings. The zero-order valence-corrected chi connectivity index (χ0v) is 6.96. The molecule has 0 bridgehead atoms. The molecule has 1 aromatic rings. The van der Waals surface area contributed by atoms with Crippen LogP contribution in [0.2, 0.25) is 0 Å². The predicted molar refractivity (Wildman–Crippen MR) is 45.1 cm³/mol. The standard InChI is InChI=1S/C9H10FNO2/c10-6-4-9-5(3-8(6)12)7(11)1-2-13-9/h3-4,7,12H,1-2,11H2. The number of fused-ring (bicyclic) bond motifs is 1. The minimum absolute atomic E-state index is 0.171. The number of halogens is 1. The maximum atomic E-state index is 12.9. The summed E-state index contributed by atoms with van der Waals surface area (Å²) in [6, 6.07) is 2.33. The van der Waals surface area contributed by atoms with Gasteiger partial charge < -0.3 is 15.6 Å². The Morgan fingerprint density at radius 3 is 3.08 bits per heavy atom. The fraction of sp³-hybridized carbons (Fsp3) is 0.333. The number of hydrogen-bond acceptors (Lipinski definition) is 3. The van der Waals surface area contributed by atoms with Crippen LogP contribution >= 0.6 is 0 Å². The molecule has 0 amide bonds. The first-order valence-corrected chi connectivity index (χ1v) is 4.09. The molecule has 0 saturated heterocycles. The van der Waals surface area contributed by atoms with Crippen molar-refractivity contribution >= 4 is 0 Å². The van der Waals surface area contributed by atoms with E-state index in [2.05, 4.69) is 0 Å². The molecule has 0 spiro atoms. The Balaban J connectivity index is 2.52. The van der Waals surface area contributed by atoms with Gasteiger partial charge in [0, 0.05) is 24.1 Å². The van der Waals surface area contributed by atoms with Gasteiger partial charge in [0.25, 0.3) is 0 Å². The quantitative estimate of drug-likeness (QED) is 0.637. The van der Waals surface area contributed by atoms with Crippen LogP contribution in [0, 0.1) is 5.82 Å². The summed E-state index contributed by atoms with van der Waals surface area (Å²) >= 11 is 0. The average Bonchev–Trinajstić information content (AvgIpc) is 2.09. The molecule has 2 rings (SSSR count). The van der Waals surface area contributed by atoms with Crippen molar-refractivity contribution in [2.45, 2.75) is 12.5 Å². The third-order valence-electron chi connectivity index (χ3n) is 2.17. The lowest BCUT2D eigenvalue weighted by Gasteiger charge is -2.22. The third kappa shape index (κ3) is 1.33. The van der Waals surface area contributed by atoms with Crippen molar-refractivity contribution in [1.29, 1.82) is 0 Å². The van der Waals surface area contributed by atoms with Crippen molar-refractivity contribution < 1.29 is 14.2 Å². The van der Waals surface area contributed by atoms with Gasteiger partial charge in [0.05, 0.1) is 6.61 Å². The zero-order valence-electron chi connectivity index (χ0n) is 6.96. The molecule has 0 saturated carbocycles. The lowest BCUT2D eigenvalue weighted by atomic mass is 10.0. The molecule has 1 heterocycles. The molecule has 13 heavy (non-hydrogen) atoms. The Hall–Kier alpha value is -1.29.